The van der Waals surface area contributed by atoms with Crippen molar-refractivity contribution in [1.29, 1.82) is 0 Å². The highest BCUT2D eigenvalue weighted by Gasteiger charge is 2.34. The van der Waals surface area contributed by atoms with Crippen LogP contribution < -0.4 is 0 Å². The van der Waals surface area contributed by atoms with Gasteiger partial charge in [0.25, 0.3) is 0 Å². The topological polar surface area (TPSA) is 0 Å². The van der Waals surface area contributed by atoms with Gasteiger partial charge in [0.1, 0.15) is 0 Å². The minimum Gasteiger partial charge on any atom is -0.0767 e. The van der Waals surface area contributed by atoms with E-state index in [9.17, 15) is 0 Å². The van der Waals surface area contributed by atoms with Gasteiger partial charge in [0.15, 0.2) is 0 Å². The first-order valence-electron chi connectivity index (χ1n) is 12.2. The van der Waals surface area contributed by atoms with Gasteiger partial charge in [-0.05, 0) is 96.6 Å². The van der Waals surface area contributed by atoms with Crippen LogP contribution in [0.4, 0.5) is 0 Å². The molecule has 7 rings (SSSR count). The van der Waals surface area contributed by atoms with E-state index < -0.39 is 0 Å². The van der Waals surface area contributed by atoms with Crippen LogP contribution in [0.1, 0.15) is 48.9 Å². The normalized spacial score (nSPS) is 20.0. The molecule has 0 aliphatic heterocycles. The van der Waals surface area contributed by atoms with E-state index in [2.05, 4.69) is 112 Å². The van der Waals surface area contributed by atoms with Gasteiger partial charge in [-0.3, -0.25) is 0 Å². The summed E-state index contributed by atoms with van der Waals surface area (Å²) in [5.74, 6) is 0.909. The average Bonchev–Trinajstić information content (AvgIpc) is 3.09. The van der Waals surface area contributed by atoms with Crippen molar-refractivity contribution in [3.63, 3.8) is 0 Å². The molecule has 0 heteroatoms. The predicted molar refractivity (Wildman–Crippen MR) is 142 cm³/mol. The van der Waals surface area contributed by atoms with Crippen LogP contribution >= 0.6 is 0 Å². The van der Waals surface area contributed by atoms with Crippen molar-refractivity contribution in [2.75, 3.05) is 0 Å². The molecular weight excluding hydrogens is 396 g/mol. The fourth-order valence-electron chi connectivity index (χ4n) is 6.23. The van der Waals surface area contributed by atoms with Crippen molar-refractivity contribution < 1.29 is 0 Å². The van der Waals surface area contributed by atoms with Crippen LogP contribution in [0.15, 0.2) is 91.0 Å². The lowest BCUT2D eigenvalue weighted by Crippen LogP contribution is -2.15. The Hall–Kier alpha value is -3.38. The summed E-state index contributed by atoms with van der Waals surface area (Å²) in [6.45, 7) is 6.94. The van der Waals surface area contributed by atoms with Gasteiger partial charge in [-0.25, -0.2) is 0 Å². The van der Waals surface area contributed by atoms with E-state index in [1.165, 1.54) is 60.5 Å². The Balaban J connectivity index is 1.44. The fourth-order valence-corrected chi connectivity index (χ4v) is 6.23. The highest BCUT2D eigenvalue weighted by atomic mass is 14.4. The van der Waals surface area contributed by atoms with Gasteiger partial charge >= 0.3 is 0 Å². The summed E-state index contributed by atoms with van der Waals surface area (Å²) in [5, 5.41) is 5.34. The average molecular weight is 425 g/mol. The molecule has 4 aromatic rings. The van der Waals surface area contributed by atoms with Crippen LogP contribution in [-0.4, -0.2) is 0 Å². The van der Waals surface area contributed by atoms with E-state index in [0.29, 0.717) is 17.3 Å². The van der Waals surface area contributed by atoms with Crippen LogP contribution in [0, 0.1) is 11.3 Å². The summed E-state index contributed by atoms with van der Waals surface area (Å²) in [7, 11) is 0. The second-order valence-electron chi connectivity index (χ2n) is 11.2. The Labute approximate surface area is 196 Å². The molecule has 33 heavy (non-hydrogen) atoms. The van der Waals surface area contributed by atoms with E-state index in [0.717, 1.165) is 6.42 Å². The number of rotatable bonds is 1. The third kappa shape index (κ3) is 2.90. The molecule has 4 aromatic carbocycles. The van der Waals surface area contributed by atoms with Crippen LogP contribution in [0.5, 0.6) is 0 Å². The van der Waals surface area contributed by atoms with Gasteiger partial charge in [-0.2, -0.15) is 0 Å². The summed E-state index contributed by atoms with van der Waals surface area (Å²) >= 11 is 0. The first-order valence-corrected chi connectivity index (χ1v) is 12.2. The molecule has 0 bridgehead atoms. The van der Waals surface area contributed by atoms with Gasteiger partial charge in [0, 0.05) is 11.8 Å². The molecule has 0 nitrogen and oxygen atoms in total. The number of allylic oxidation sites excluding steroid dienone is 5. The molecule has 0 amide bonds. The zero-order valence-corrected chi connectivity index (χ0v) is 19.5. The third-order valence-corrected chi connectivity index (χ3v) is 7.57. The maximum absolute atomic E-state index is 2.51. The molecule has 0 saturated heterocycles. The van der Waals surface area contributed by atoms with Crippen molar-refractivity contribution >= 4 is 27.1 Å². The molecule has 160 valence electrons. The predicted octanol–water partition coefficient (Wildman–Crippen LogP) is 8.83. The molecule has 0 heterocycles. The zero-order valence-electron chi connectivity index (χ0n) is 19.5. The Morgan fingerprint density at radius 1 is 0.697 bits per heavy atom. The molecule has 3 aliphatic rings. The van der Waals surface area contributed by atoms with E-state index in [-0.39, 0.29) is 0 Å². The second kappa shape index (κ2) is 6.58. The number of benzene rings is 4. The molecule has 2 unspecified atom stereocenters. The minimum absolute atomic E-state index is 0.295. The number of hydrogen-bond acceptors (Lipinski definition) is 0. The van der Waals surface area contributed by atoms with Crippen molar-refractivity contribution in [2.24, 2.45) is 11.3 Å². The van der Waals surface area contributed by atoms with Gasteiger partial charge in [-0.1, -0.05) is 87.5 Å². The summed E-state index contributed by atoms with van der Waals surface area (Å²) in [4.78, 5) is 0. The Morgan fingerprint density at radius 3 is 2.30 bits per heavy atom. The van der Waals surface area contributed by atoms with E-state index >= 15 is 0 Å². The van der Waals surface area contributed by atoms with Gasteiger partial charge in [0.2, 0.25) is 0 Å². The van der Waals surface area contributed by atoms with Crippen molar-refractivity contribution in [3.05, 3.63) is 113 Å². The maximum Gasteiger partial charge on any atom is 0.0125 e. The lowest BCUT2D eigenvalue weighted by Gasteiger charge is -2.29. The maximum atomic E-state index is 2.51. The second-order valence-corrected chi connectivity index (χ2v) is 11.2. The Bertz CT molecular complexity index is 1570. The molecular formula is C33H28. The van der Waals surface area contributed by atoms with Crippen LogP contribution in [-0.2, 0) is 6.42 Å². The first-order chi connectivity index (χ1) is 15.9. The van der Waals surface area contributed by atoms with Crippen LogP contribution in [0.3, 0.4) is 0 Å². The lowest BCUT2D eigenvalue weighted by atomic mass is 9.74. The van der Waals surface area contributed by atoms with Crippen LogP contribution in [0.25, 0.3) is 38.2 Å². The van der Waals surface area contributed by atoms with Crippen molar-refractivity contribution in [2.45, 2.75) is 33.1 Å². The Kier molecular flexibility index (Phi) is 3.81. The molecule has 0 aromatic heterocycles. The summed E-state index contributed by atoms with van der Waals surface area (Å²) < 4.78 is 0. The molecule has 2 atom stereocenters. The molecule has 0 radical (unpaired) electrons. The smallest absolute Gasteiger partial charge is 0.0125 e. The van der Waals surface area contributed by atoms with Crippen LogP contribution in [0.2, 0.25) is 0 Å². The molecule has 0 saturated carbocycles. The standard InChI is InChI=1S/C33H28/c1-33(2,3)19-20-11-12-21-14-24-17-29-28-10-6-9-27-26-8-5-4-7-22(26)16-31(32(27)28)30(29)18-25(24)15-23(21)13-20/h4-18,22,26H,19H2,1-3H3. The fraction of sp³-hybridized carbons (Fsp3) is 0.212. The van der Waals surface area contributed by atoms with E-state index in [1.54, 1.807) is 0 Å². The first kappa shape index (κ1) is 19.1. The summed E-state index contributed by atoms with van der Waals surface area (Å²) in [5.41, 5.74) is 10.3. The third-order valence-electron chi connectivity index (χ3n) is 7.57. The summed E-state index contributed by atoms with van der Waals surface area (Å²) in [6, 6.07) is 23.5. The highest BCUT2D eigenvalue weighted by Crippen LogP contribution is 2.53. The molecule has 3 aliphatic carbocycles. The monoisotopic (exact) mass is 424 g/mol. The van der Waals surface area contributed by atoms with Crippen molar-refractivity contribution in [3.8, 4) is 11.1 Å². The van der Waals surface area contributed by atoms with E-state index in [4.69, 9.17) is 0 Å². The quantitative estimate of drug-likeness (QED) is 0.236. The largest absolute Gasteiger partial charge is 0.0767 e. The van der Waals surface area contributed by atoms with E-state index in [1.807, 2.05) is 0 Å². The summed E-state index contributed by atoms with van der Waals surface area (Å²) in [6.07, 6.45) is 12.7. The van der Waals surface area contributed by atoms with Gasteiger partial charge in [0.05, 0.1) is 0 Å². The SMILES string of the molecule is CC(C)(C)Cc1ccc2cc3cc4c(cc3cc2c1)C1=CC2C=CC=CC2c2cccc-4c21. The number of hydrogen-bond donors (Lipinski definition) is 0. The van der Waals surface area contributed by atoms with Gasteiger partial charge < -0.3 is 0 Å². The van der Waals surface area contributed by atoms with Crippen molar-refractivity contribution in [1.82, 2.24) is 0 Å². The molecule has 0 N–H and O–H groups in total. The molecule has 0 spiro atoms. The van der Waals surface area contributed by atoms with Gasteiger partial charge in [-0.15, -0.1) is 0 Å². The Morgan fingerprint density at radius 2 is 1.45 bits per heavy atom. The number of fused-ring (bicyclic) bond motifs is 7. The minimum atomic E-state index is 0.295. The highest BCUT2D eigenvalue weighted by molar-refractivity contribution is 6.09. The molecule has 0 fully saturated rings. The zero-order chi connectivity index (χ0) is 22.3. The lowest BCUT2D eigenvalue weighted by molar-refractivity contribution is 0.411.